The molecular formula is C17H17ClN2O2S. The Labute approximate surface area is 145 Å². The number of aliphatic hydroxyl groups is 1. The van der Waals surface area contributed by atoms with Crippen LogP contribution >= 0.6 is 23.4 Å². The lowest BCUT2D eigenvalue weighted by molar-refractivity contribution is 0.126. The van der Waals surface area contributed by atoms with Crippen molar-refractivity contribution in [2.75, 3.05) is 12.4 Å². The van der Waals surface area contributed by atoms with E-state index in [2.05, 4.69) is 11.1 Å². The molecule has 1 heterocycles. The van der Waals surface area contributed by atoms with E-state index >= 15 is 0 Å². The van der Waals surface area contributed by atoms with E-state index in [1.807, 2.05) is 19.9 Å². The van der Waals surface area contributed by atoms with Gasteiger partial charge in [0.05, 0.1) is 11.7 Å². The average molecular weight is 349 g/mol. The van der Waals surface area contributed by atoms with Gasteiger partial charge in [0, 0.05) is 16.5 Å². The summed E-state index contributed by atoms with van der Waals surface area (Å²) in [5.74, 6) is 1.05. The molecule has 0 saturated heterocycles. The van der Waals surface area contributed by atoms with E-state index in [-0.39, 0.29) is 6.61 Å². The largest absolute Gasteiger partial charge is 0.491 e. The fourth-order valence-electron chi connectivity index (χ4n) is 1.99. The first-order valence-corrected chi connectivity index (χ1v) is 8.43. The highest BCUT2D eigenvalue weighted by Crippen LogP contribution is 2.24. The number of ether oxygens (including phenoxy) is 1. The van der Waals surface area contributed by atoms with E-state index in [4.69, 9.17) is 16.3 Å². The first kappa shape index (κ1) is 17.6. The molecule has 1 N–H and O–H groups in total. The molecule has 0 spiro atoms. The third kappa shape index (κ3) is 5.14. The molecule has 0 amide bonds. The van der Waals surface area contributed by atoms with Crippen LogP contribution in [0, 0.1) is 25.2 Å². The van der Waals surface area contributed by atoms with Gasteiger partial charge in [0.15, 0.2) is 0 Å². The second-order valence-electron chi connectivity index (χ2n) is 5.10. The molecule has 0 radical (unpaired) electrons. The van der Waals surface area contributed by atoms with E-state index in [0.717, 1.165) is 11.3 Å². The van der Waals surface area contributed by atoms with E-state index in [1.54, 1.807) is 24.3 Å². The molecule has 120 valence electrons. The summed E-state index contributed by atoms with van der Waals surface area (Å²) < 4.78 is 5.51. The molecule has 0 aliphatic heterocycles. The van der Waals surface area contributed by atoms with Gasteiger partial charge in [0.2, 0.25) is 0 Å². The summed E-state index contributed by atoms with van der Waals surface area (Å²) in [6, 6.07) is 11.0. The summed E-state index contributed by atoms with van der Waals surface area (Å²) in [7, 11) is 0. The number of aromatic nitrogens is 1. The number of rotatable bonds is 6. The van der Waals surface area contributed by atoms with Crippen LogP contribution in [-0.4, -0.2) is 28.6 Å². The van der Waals surface area contributed by atoms with Crippen molar-refractivity contribution in [2.45, 2.75) is 25.0 Å². The molecule has 0 aliphatic carbocycles. The number of halogens is 1. The summed E-state index contributed by atoms with van der Waals surface area (Å²) in [4.78, 5) is 4.38. The maximum Gasteiger partial charge on any atom is 0.119 e. The van der Waals surface area contributed by atoms with Crippen molar-refractivity contribution in [1.29, 1.82) is 5.26 Å². The number of pyridine rings is 1. The predicted molar refractivity (Wildman–Crippen MR) is 92.1 cm³/mol. The zero-order chi connectivity index (χ0) is 16.8. The van der Waals surface area contributed by atoms with Crippen LogP contribution in [0.15, 0.2) is 35.4 Å². The van der Waals surface area contributed by atoms with Gasteiger partial charge in [0.1, 0.15) is 23.5 Å². The van der Waals surface area contributed by atoms with Crippen molar-refractivity contribution in [2.24, 2.45) is 0 Å². The minimum atomic E-state index is -0.662. The Balaban J connectivity index is 1.91. The van der Waals surface area contributed by atoms with Crippen molar-refractivity contribution < 1.29 is 9.84 Å². The zero-order valence-electron chi connectivity index (χ0n) is 12.9. The van der Waals surface area contributed by atoms with Crippen LogP contribution in [0.1, 0.15) is 16.8 Å². The highest BCUT2D eigenvalue weighted by molar-refractivity contribution is 7.99. The molecule has 1 atom stereocenters. The molecule has 4 nitrogen and oxygen atoms in total. The van der Waals surface area contributed by atoms with Gasteiger partial charge in [-0.25, -0.2) is 4.98 Å². The fourth-order valence-corrected chi connectivity index (χ4v) is 3.12. The van der Waals surface area contributed by atoms with Gasteiger partial charge >= 0.3 is 0 Å². The number of nitrogens with zero attached hydrogens (tertiary/aromatic N) is 2. The average Bonchev–Trinajstić information content (AvgIpc) is 2.52. The van der Waals surface area contributed by atoms with Crippen LogP contribution in [-0.2, 0) is 0 Å². The molecule has 0 saturated carbocycles. The number of hydrogen-bond acceptors (Lipinski definition) is 5. The monoisotopic (exact) mass is 348 g/mol. The molecule has 2 aromatic rings. The summed E-state index contributed by atoms with van der Waals surface area (Å²) in [6.07, 6.45) is -0.662. The lowest BCUT2D eigenvalue weighted by Gasteiger charge is -2.13. The minimum Gasteiger partial charge on any atom is -0.491 e. The van der Waals surface area contributed by atoms with E-state index in [9.17, 15) is 10.4 Å². The zero-order valence-corrected chi connectivity index (χ0v) is 14.5. The number of aryl methyl sites for hydroxylation is 2. The van der Waals surface area contributed by atoms with Crippen LogP contribution in [0.4, 0.5) is 0 Å². The number of benzene rings is 1. The second-order valence-corrected chi connectivity index (χ2v) is 6.55. The SMILES string of the molecule is Cc1cc(C)c(C#N)c(SC[C@H](O)COc2ccc(Cl)cc2)n1. The normalized spacial score (nSPS) is 11.8. The van der Waals surface area contributed by atoms with Crippen molar-refractivity contribution in [3.8, 4) is 11.8 Å². The van der Waals surface area contributed by atoms with Gasteiger partial charge < -0.3 is 9.84 Å². The number of thioether (sulfide) groups is 1. The molecule has 1 aromatic heterocycles. The Kier molecular flexibility index (Phi) is 6.28. The van der Waals surface area contributed by atoms with Crippen molar-refractivity contribution in [3.05, 3.63) is 52.2 Å². The standard InChI is InChI=1S/C17H17ClN2O2S/c1-11-7-12(2)20-17(16(11)8-19)23-10-14(21)9-22-15-5-3-13(18)4-6-15/h3-7,14,21H,9-10H2,1-2H3/t14-/m1/s1. The molecule has 1 aromatic carbocycles. The van der Waals surface area contributed by atoms with Gasteiger partial charge in [-0.1, -0.05) is 11.6 Å². The molecule has 2 rings (SSSR count). The summed E-state index contributed by atoms with van der Waals surface area (Å²) >= 11 is 7.17. The smallest absolute Gasteiger partial charge is 0.119 e. The summed E-state index contributed by atoms with van der Waals surface area (Å²) in [5.41, 5.74) is 2.32. The summed E-state index contributed by atoms with van der Waals surface area (Å²) in [6.45, 7) is 3.94. The summed E-state index contributed by atoms with van der Waals surface area (Å²) in [5, 5.41) is 20.6. The van der Waals surface area contributed by atoms with Crippen molar-refractivity contribution >= 4 is 23.4 Å². The molecule has 23 heavy (non-hydrogen) atoms. The van der Waals surface area contributed by atoms with E-state index < -0.39 is 6.10 Å². The Bertz CT molecular complexity index is 714. The van der Waals surface area contributed by atoms with Crippen molar-refractivity contribution in [3.63, 3.8) is 0 Å². The molecule has 6 heteroatoms. The third-order valence-corrected chi connectivity index (χ3v) is 4.46. The maximum absolute atomic E-state index is 10.0. The third-order valence-electron chi connectivity index (χ3n) is 3.09. The maximum atomic E-state index is 10.0. The number of hydrogen-bond donors (Lipinski definition) is 1. The number of aliphatic hydroxyl groups excluding tert-OH is 1. The molecular weight excluding hydrogens is 332 g/mol. The second kappa shape index (κ2) is 8.21. The quantitative estimate of drug-likeness (QED) is 0.805. The van der Waals surface area contributed by atoms with Crippen LogP contribution in [0.5, 0.6) is 5.75 Å². The molecule has 0 fully saturated rings. The molecule has 0 aliphatic rings. The highest BCUT2D eigenvalue weighted by Gasteiger charge is 2.12. The van der Waals surface area contributed by atoms with E-state index in [1.165, 1.54) is 11.8 Å². The van der Waals surface area contributed by atoms with Gasteiger partial charge in [-0.15, -0.1) is 11.8 Å². The fraction of sp³-hybridized carbons (Fsp3) is 0.294. The van der Waals surface area contributed by atoms with Crippen LogP contribution in [0.2, 0.25) is 5.02 Å². The van der Waals surface area contributed by atoms with Crippen LogP contribution in [0.25, 0.3) is 0 Å². The Morgan fingerprint density at radius 1 is 1.35 bits per heavy atom. The molecule has 0 unspecified atom stereocenters. The lowest BCUT2D eigenvalue weighted by atomic mass is 10.1. The molecule has 0 bridgehead atoms. The van der Waals surface area contributed by atoms with Crippen LogP contribution < -0.4 is 4.74 Å². The topological polar surface area (TPSA) is 66.1 Å². The van der Waals surface area contributed by atoms with E-state index in [0.29, 0.717) is 27.1 Å². The highest BCUT2D eigenvalue weighted by atomic mass is 35.5. The first-order valence-electron chi connectivity index (χ1n) is 7.07. The van der Waals surface area contributed by atoms with Crippen LogP contribution in [0.3, 0.4) is 0 Å². The Morgan fingerprint density at radius 3 is 2.70 bits per heavy atom. The Hall–Kier alpha value is -1.74. The minimum absolute atomic E-state index is 0.168. The Morgan fingerprint density at radius 2 is 2.04 bits per heavy atom. The lowest BCUT2D eigenvalue weighted by Crippen LogP contribution is -2.20. The first-order chi connectivity index (χ1) is 11.0. The van der Waals surface area contributed by atoms with Crippen molar-refractivity contribution in [1.82, 2.24) is 4.98 Å². The van der Waals surface area contributed by atoms with Gasteiger partial charge in [-0.05, 0) is 49.7 Å². The van der Waals surface area contributed by atoms with Gasteiger partial charge in [-0.3, -0.25) is 0 Å². The predicted octanol–water partition coefficient (Wildman–Crippen LogP) is 3.76. The number of nitriles is 1. The van der Waals surface area contributed by atoms with Gasteiger partial charge in [-0.2, -0.15) is 5.26 Å². The van der Waals surface area contributed by atoms with Gasteiger partial charge in [0.25, 0.3) is 0 Å².